The van der Waals surface area contributed by atoms with Gasteiger partial charge >= 0.3 is 0 Å². The molecule has 0 spiro atoms. The quantitative estimate of drug-likeness (QED) is 0.290. The highest BCUT2D eigenvalue weighted by molar-refractivity contribution is 7.98. The fourth-order valence-corrected chi connectivity index (χ4v) is 4.62. The van der Waals surface area contributed by atoms with Gasteiger partial charge in [0, 0.05) is 51.3 Å². The van der Waals surface area contributed by atoms with Crippen LogP contribution in [0.25, 0.3) is 11.0 Å². The number of benzene rings is 2. The molecule has 32 heavy (non-hydrogen) atoms. The van der Waals surface area contributed by atoms with E-state index in [1.165, 1.54) is 5.56 Å². The van der Waals surface area contributed by atoms with E-state index in [9.17, 15) is 0 Å². The van der Waals surface area contributed by atoms with Crippen LogP contribution in [0.3, 0.4) is 0 Å². The number of ether oxygens (including phenoxy) is 1. The summed E-state index contributed by atoms with van der Waals surface area (Å²) >= 11 is 1.67. The predicted molar refractivity (Wildman–Crippen MR) is 131 cm³/mol. The first-order chi connectivity index (χ1) is 15.4. The summed E-state index contributed by atoms with van der Waals surface area (Å²) in [6.07, 6.45) is 2.13. The molecule has 2 heterocycles. The largest absolute Gasteiger partial charge is 0.490 e. The van der Waals surface area contributed by atoms with E-state index in [0.717, 1.165) is 59.2 Å². The summed E-state index contributed by atoms with van der Waals surface area (Å²) < 4.78 is 6.15. The molecule has 4 rings (SSSR count). The van der Waals surface area contributed by atoms with Gasteiger partial charge in [-0.1, -0.05) is 23.9 Å². The van der Waals surface area contributed by atoms with Gasteiger partial charge in [0.05, 0.1) is 16.9 Å². The molecule has 3 N–H and O–H groups in total. The molecule has 168 valence electrons. The van der Waals surface area contributed by atoms with Gasteiger partial charge in [-0.25, -0.2) is 4.98 Å². The number of fused-ring (bicyclic) bond motifs is 1. The Morgan fingerprint density at radius 3 is 2.53 bits per heavy atom. The van der Waals surface area contributed by atoms with Crippen LogP contribution in [0.1, 0.15) is 30.9 Å². The van der Waals surface area contributed by atoms with Crippen LogP contribution in [0, 0.1) is 10.8 Å². The van der Waals surface area contributed by atoms with Crippen LogP contribution in [0.15, 0.2) is 47.6 Å². The number of rotatable bonds is 6. The van der Waals surface area contributed by atoms with Gasteiger partial charge in [0.1, 0.15) is 17.7 Å². The van der Waals surface area contributed by atoms with E-state index >= 15 is 0 Å². The molecule has 0 bridgehead atoms. The number of hydrogen-bond acceptors (Lipinski definition) is 5. The van der Waals surface area contributed by atoms with Gasteiger partial charge in [-0.2, -0.15) is 0 Å². The molecule has 1 aliphatic heterocycles. The smallest absolute Gasteiger partial charge is 0.166 e. The van der Waals surface area contributed by atoms with Gasteiger partial charge in [-0.3, -0.25) is 10.8 Å². The minimum atomic E-state index is 0.222. The fraction of sp³-hybridized carbons (Fsp3) is 0.375. The van der Waals surface area contributed by atoms with E-state index < -0.39 is 0 Å². The summed E-state index contributed by atoms with van der Waals surface area (Å²) in [7, 11) is 3.75. The molecule has 1 saturated heterocycles. The topological polar surface area (TPSA) is 92.1 Å². The molecule has 1 fully saturated rings. The van der Waals surface area contributed by atoms with Crippen molar-refractivity contribution in [3.63, 3.8) is 0 Å². The van der Waals surface area contributed by atoms with Crippen molar-refractivity contribution in [2.45, 2.75) is 36.8 Å². The molecule has 1 aliphatic rings. The Labute approximate surface area is 193 Å². The summed E-state index contributed by atoms with van der Waals surface area (Å²) in [6, 6.07) is 14.2. The second-order valence-corrected chi connectivity index (χ2v) is 9.30. The predicted octanol–water partition coefficient (Wildman–Crippen LogP) is 4.58. The zero-order chi connectivity index (χ0) is 22.7. The monoisotopic (exact) mass is 450 g/mol. The number of aromatic amines is 1. The lowest BCUT2D eigenvalue weighted by Gasteiger charge is -2.32. The number of amidine groups is 2. The third-order valence-electron chi connectivity index (χ3n) is 5.70. The summed E-state index contributed by atoms with van der Waals surface area (Å²) in [4.78, 5) is 11.9. The maximum atomic E-state index is 8.15. The minimum absolute atomic E-state index is 0.222. The van der Waals surface area contributed by atoms with E-state index in [2.05, 4.69) is 27.0 Å². The molecule has 8 heteroatoms. The molecule has 3 aromatic rings. The number of nitrogens with one attached hydrogen (secondary N) is 3. The van der Waals surface area contributed by atoms with E-state index in [-0.39, 0.29) is 6.10 Å². The number of nitrogens with zero attached hydrogens (tertiary/aromatic N) is 3. The SMILES string of the molecule is CC(=N)N1CCC(Oc2ccc(CSc3nc4ccc(C(=N)N(C)C)cc4[nH]3)cc2)CC1. The van der Waals surface area contributed by atoms with Crippen LogP contribution in [-0.4, -0.2) is 64.7 Å². The minimum Gasteiger partial charge on any atom is -0.490 e. The normalized spacial score (nSPS) is 14.5. The second kappa shape index (κ2) is 9.65. The molecule has 0 saturated carbocycles. The lowest BCUT2D eigenvalue weighted by Crippen LogP contribution is -2.40. The molecule has 0 aliphatic carbocycles. The molecule has 0 amide bonds. The summed E-state index contributed by atoms with van der Waals surface area (Å²) in [5, 5.41) is 16.8. The van der Waals surface area contributed by atoms with E-state index in [1.807, 2.05) is 51.4 Å². The Morgan fingerprint density at radius 1 is 1.16 bits per heavy atom. The van der Waals surface area contributed by atoms with Crippen LogP contribution in [0.2, 0.25) is 0 Å². The van der Waals surface area contributed by atoms with Crippen LogP contribution in [0.4, 0.5) is 0 Å². The van der Waals surface area contributed by atoms with Gasteiger partial charge in [-0.05, 0) is 42.8 Å². The number of hydrogen-bond donors (Lipinski definition) is 3. The van der Waals surface area contributed by atoms with Gasteiger partial charge in [0.15, 0.2) is 5.16 Å². The van der Waals surface area contributed by atoms with Gasteiger partial charge in [0.25, 0.3) is 0 Å². The summed E-state index contributed by atoms with van der Waals surface area (Å²) in [5.41, 5.74) is 3.95. The maximum Gasteiger partial charge on any atom is 0.166 e. The Morgan fingerprint density at radius 2 is 1.88 bits per heavy atom. The van der Waals surface area contributed by atoms with Crippen molar-refractivity contribution in [1.29, 1.82) is 10.8 Å². The Bertz CT molecular complexity index is 1100. The number of piperidine rings is 1. The zero-order valence-corrected chi connectivity index (χ0v) is 19.6. The van der Waals surface area contributed by atoms with Crippen LogP contribution in [-0.2, 0) is 5.75 Å². The second-order valence-electron chi connectivity index (χ2n) is 8.34. The molecule has 1 aromatic heterocycles. The van der Waals surface area contributed by atoms with Crippen molar-refractivity contribution in [2.24, 2.45) is 0 Å². The molecular formula is C24H30N6OS. The zero-order valence-electron chi connectivity index (χ0n) is 18.8. The first-order valence-electron chi connectivity index (χ1n) is 10.8. The van der Waals surface area contributed by atoms with Gasteiger partial charge in [0.2, 0.25) is 0 Å². The molecular weight excluding hydrogens is 420 g/mol. The molecule has 0 radical (unpaired) electrons. The summed E-state index contributed by atoms with van der Waals surface area (Å²) in [6.45, 7) is 3.63. The fourth-order valence-electron chi connectivity index (χ4n) is 3.78. The molecule has 0 unspecified atom stereocenters. The number of imidazole rings is 1. The first kappa shape index (κ1) is 22.2. The molecule has 7 nitrogen and oxygen atoms in total. The van der Waals surface area contributed by atoms with E-state index in [0.29, 0.717) is 11.7 Å². The Kier molecular flexibility index (Phi) is 6.69. The Balaban J connectivity index is 1.32. The molecule has 2 aromatic carbocycles. The van der Waals surface area contributed by atoms with Crippen molar-refractivity contribution in [3.05, 3.63) is 53.6 Å². The van der Waals surface area contributed by atoms with Gasteiger partial charge < -0.3 is 19.5 Å². The van der Waals surface area contributed by atoms with Crippen molar-refractivity contribution >= 4 is 34.5 Å². The summed E-state index contributed by atoms with van der Waals surface area (Å²) in [5.74, 6) is 2.84. The standard InChI is InChI=1S/C24H30N6OS/c1-16(25)30-12-10-20(11-13-30)31-19-7-4-17(5-8-19)15-32-24-27-21-9-6-18(14-22(21)28-24)23(26)29(2)3/h4-9,14,20,25-26H,10-13,15H2,1-3H3,(H,27,28). The lowest BCUT2D eigenvalue weighted by molar-refractivity contribution is 0.130. The van der Waals surface area contributed by atoms with Crippen LogP contribution >= 0.6 is 11.8 Å². The maximum absolute atomic E-state index is 8.15. The van der Waals surface area contributed by atoms with Gasteiger partial charge in [-0.15, -0.1) is 0 Å². The average molecular weight is 451 g/mol. The van der Waals surface area contributed by atoms with Crippen LogP contribution < -0.4 is 4.74 Å². The first-order valence-corrected chi connectivity index (χ1v) is 11.8. The number of aromatic nitrogens is 2. The highest BCUT2D eigenvalue weighted by atomic mass is 32.2. The number of likely N-dealkylation sites (tertiary alicyclic amines) is 1. The molecule has 0 atom stereocenters. The highest BCUT2D eigenvalue weighted by Crippen LogP contribution is 2.26. The Hall–Kier alpha value is -3.00. The number of thioether (sulfide) groups is 1. The lowest BCUT2D eigenvalue weighted by atomic mass is 10.1. The third-order valence-corrected chi connectivity index (χ3v) is 6.64. The van der Waals surface area contributed by atoms with Crippen molar-refractivity contribution < 1.29 is 4.74 Å². The third kappa shape index (κ3) is 5.24. The highest BCUT2D eigenvalue weighted by Gasteiger charge is 2.20. The number of H-pyrrole nitrogens is 1. The van der Waals surface area contributed by atoms with Crippen molar-refractivity contribution in [1.82, 2.24) is 19.8 Å². The van der Waals surface area contributed by atoms with Crippen LogP contribution in [0.5, 0.6) is 5.75 Å². The average Bonchev–Trinajstić information content (AvgIpc) is 3.20. The van der Waals surface area contributed by atoms with Crippen molar-refractivity contribution in [2.75, 3.05) is 27.2 Å². The van der Waals surface area contributed by atoms with E-state index in [4.69, 9.17) is 15.6 Å². The van der Waals surface area contributed by atoms with Crippen molar-refractivity contribution in [3.8, 4) is 5.75 Å². The van der Waals surface area contributed by atoms with E-state index in [1.54, 1.807) is 16.7 Å².